The molecule has 1 aromatic heterocycles. The number of para-hydroxylation sites is 1. The number of sulfonamides is 1. The van der Waals surface area contributed by atoms with Crippen molar-refractivity contribution in [3.8, 4) is 0 Å². The highest BCUT2D eigenvalue weighted by atomic mass is 32.2. The van der Waals surface area contributed by atoms with Crippen molar-refractivity contribution < 1.29 is 13.2 Å². The van der Waals surface area contributed by atoms with Gasteiger partial charge in [-0.15, -0.1) is 0 Å². The standard InChI is InChI=1S/C23H27N3O3S/c1-3-26-21-8-6-5-7-19(21)20-17-18(9-11-22(20)26)10-12-23(27)24-13-15-25(16-14-24)30(28,29)4-2/h5-12,17H,3-4,13-16H2,1-2H3/b12-10+. The Hall–Kier alpha value is -2.64. The molecule has 1 saturated heterocycles. The van der Waals surface area contributed by atoms with Crippen LogP contribution < -0.4 is 0 Å². The van der Waals surface area contributed by atoms with Gasteiger partial charge in [0.1, 0.15) is 0 Å². The molecular weight excluding hydrogens is 398 g/mol. The van der Waals surface area contributed by atoms with Crippen LogP contribution >= 0.6 is 0 Å². The minimum Gasteiger partial charge on any atom is -0.341 e. The molecule has 30 heavy (non-hydrogen) atoms. The molecule has 158 valence electrons. The van der Waals surface area contributed by atoms with Crippen LogP contribution in [-0.2, 0) is 21.4 Å². The van der Waals surface area contributed by atoms with Crippen LogP contribution in [0.5, 0.6) is 0 Å². The van der Waals surface area contributed by atoms with Crippen molar-refractivity contribution >= 4 is 43.8 Å². The van der Waals surface area contributed by atoms with E-state index in [1.165, 1.54) is 26.1 Å². The lowest BCUT2D eigenvalue weighted by Gasteiger charge is -2.33. The maximum Gasteiger partial charge on any atom is 0.246 e. The maximum atomic E-state index is 12.6. The van der Waals surface area contributed by atoms with Gasteiger partial charge < -0.3 is 9.47 Å². The van der Waals surface area contributed by atoms with Gasteiger partial charge in [-0.1, -0.05) is 24.3 Å². The van der Waals surface area contributed by atoms with Gasteiger partial charge in [0.25, 0.3) is 0 Å². The molecule has 0 N–H and O–H groups in total. The molecule has 2 heterocycles. The normalized spacial score (nSPS) is 16.1. The molecule has 0 atom stereocenters. The van der Waals surface area contributed by atoms with E-state index in [1.54, 1.807) is 17.9 Å². The first-order chi connectivity index (χ1) is 14.4. The Morgan fingerprint density at radius 3 is 2.37 bits per heavy atom. The third-order valence-electron chi connectivity index (χ3n) is 5.84. The molecule has 2 aromatic carbocycles. The average molecular weight is 426 g/mol. The Bertz CT molecular complexity index is 1220. The molecule has 4 rings (SSSR count). The number of rotatable bonds is 5. The first kappa shape index (κ1) is 20.6. The summed E-state index contributed by atoms with van der Waals surface area (Å²) >= 11 is 0. The molecular formula is C23H27N3O3S. The van der Waals surface area contributed by atoms with E-state index in [0.717, 1.165) is 12.1 Å². The molecule has 6 nitrogen and oxygen atoms in total. The zero-order valence-electron chi connectivity index (χ0n) is 17.4. The summed E-state index contributed by atoms with van der Waals surface area (Å²) in [6, 6.07) is 14.6. The predicted octanol–water partition coefficient (Wildman–Crippen LogP) is 3.32. The van der Waals surface area contributed by atoms with Crippen molar-refractivity contribution in [2.75, 3.05) is 31.9 Å². The third-order valence-corrected chi connectivity index (χ3v) is 7.72. The summed E-state index contributed by atoms with van der Waals surface area (Å²) in [6.07, 6.45) is 3.43. The lowest BCUT2D eigenvalue weighted by Crippen LogP contribution is -2.50. The van der Waals surface area contributed by atoms with Gasteiger partial charge in [-0.05, 0) is 43.7 Å². The summed E-state index contributed by atoms with van der Waals surface area (Å²) in [5.41, 5.74) is 3.38. The van der Waals surface area contributed by atoms with Crippen molar-refractivity contribution in [2.45, 2.75) is 20.4 Å². The van der Waals surface area contributed by atoms with Crippen LogP contribution in [-0.4, -0.2) is 60.0 Å². The second-order valence-corrected chi connectivity index (χ2v) is 9.75. The van der Waals surface area contributed by atoms with Crippen LogP contribution in [0.25, 0.3) is 27.9 Å². The van der Waals surface area contributed by atoms with Crippen molar-refractivity contribution in [1.29, 1.82) is 0 Å². The second-order valence-electron chi connectivity index (χ2n) is 7.50. The summed E-state index contributed by atoms with van der Waals surface area (Å²) in [5, 5.41) is 2.39. The van der Waals surface area contributed by atoms with Gasteiger partial charge >= 0.3 is 0 Å². The number of amides is 1. The highest BCUT2D eigenvalue weighted by Gasteiger charge is 2.26. The van der Waals surface area contributed by atoms with E-state index >= 15 is 0 Å². The Kier molecular flexibility index (Phi) is 5.66. The number of hydrogen-bond donors (Lipinski definition) is 0. The SMILES string of the molecule is CCn1c2ccccc2c2cc(/C=C/C(=O)N3CCN(S(=O)(=O)CC)CC3)ccc21. The lowest BCUT2D eigenvalue weighted by atomic mass is 10.1. The van der Waals surface area contributed by atoms with Gasteiger partial charge in [0.15, 0.2) is 0 Å². The molecule has 7 heteroatoms. The molecule has 3 aromatic rings. The summed E-state index contributed by atoms with van der Waals surface area (Å²) < 4.78 is 27.7. The van der Waals surface area contributed by atoms with Gasteiger partial charge in [-0.3, -0.25) is 4.79 Å². The summed E-state index contributed by atoms with van der Waals surface area (Å²) in [4.78, 5) is 14.3. The number of nitrogens with zero attached hydrogens (tertiary/aromatic N) is 3. The topological polar surface area (TPSA) is 62.6 Å². The molecule has 1 amide bonds. The van der Waals surface area contributed by atoms with Gasteiger partial charge in [0, 0.05) is 60.6 Å². The first-order valence-corrected chi connectivity index (χ1v) is 12.0. The number of carbonyl (C=O) groups excluding carboxylic acids is 1. The number of aryl methyl sites for hydroxylation is 1. The quantitative estimate of drug-likeness (QED) is 0.589. The summed E-state index contributed by atoms with van der Waals surface area (Å²) in [6.45, 7) is 6.25. The van der Waals surface area contributed by atoms with E-state index in [0.29, 0.717) is 26.2 Å². The minimum atomic E-state index is -3.19. The molecule has 0 unspecified atom stereocenters. The van der Waals surface area contributed by atoms with Crippen molar-refractivity contribution in [2.24, 2.45) is 0 Å². The van der Waals surface area contributed by atoms with Crippen molar-refractivity contribution in [3.63, 3.8) is 0 Å². The Balaban J connectivity index is 1.52. The van der Waals surface area contributed by atoms with E-state index in [4.69, 9.17) is 0 Å². The number of fused-ring (bicyclic) bond motifs is 3. The molecule has 0 radical (unpaired) electrons. The maximum absolute atomic E-state index is 12.6. The van der Waals surface area contributed by atoms with Gasteiger partial charge in [0.05, 0.1) is 5.75 Å². The van der Waals surface area contributed by atoms with Gasteiger partial charge in [0.2, 0.25) is 15.9 Å². The first-order valence-electron chi connectivity index (χ1n) is 10.4. The van der Waals surface area contributed by atoms with Crippen molar-refractivity contribution in [3.05, 3.63) is 54.1 Å². The predicted molar refractivity (Wildman–Crippen MR) is 122 cm³/mol. The highest BCUT2D eigenvalue weighted by Crippen LogP contribution is 2.30. The Morgan fingerprint density at radius 1 is 0.967 bits per heavy atom. The smallest absolute Gasteiger partial charge is 0.246 e. The van der Waals surface area contributed by atoms with E-state index in [2.05, 4.69) is 41.8 Å². The van der Waals surface area contributed by atoms with E-state index in [1.807, 2.05) is 18.2 Å². The molecule has 0 aliphatic carbocycles. The molecule has 1 fully saturated rings. The fourth-order valence-electron chi connectivity index (χ4n) is 4.16. The monoisotopic (exact) mass is 425 g/mol. The van der Waals surface area contributed by atoms with Crippen LogP contribution in [0, 0.1) is 0 Å². The fraction of sp³-hybridized carbons (Fsp3) is 0.348. The summed E-state index contributed by atoms with van der Waals surface area (Å²) in [5.74, 6) is 0.0113. The Morgan fingerprint density at radius 2 is 1.67 bits per heavy atom. The van der Waals surface area contributed by atoms with Crippen LogP contribution in [0.1, 0.15) is 19.4 Å². The van der Waals surface area contributed by atoms with E-state index in [-0.39, 0.29) is 11.7 Å². The van der Waals surface area contributed by atoms with Crippen LogP contribution in [0.3, 0.4) is 0 Å². The molecule has 0 spiro atoms. The number of hydrogen-bond acceptors (Lipinski definition) is 3. The third kappa shape index (κ3) is 3.75. The largest absolute Gasteiger partial charge is 0.341 e. The molecule has 1 aliphatic rings. The zero-order chi connectivity index (χ0) is 21.3. The van der Waals surface area contributed by atoms with Crippen LogP contribution in [0.4, 0.5) is 0 Å². The molecule has 0 bridgehead atoms. The van der Waals surface area contributed by atoms with Gasteiger partial charge in [-0.2, -0.15) is 4.31 Å². The molecule has 0 saturated carbocycles. The Labute approximate surface area is 177 Å². The lowest BCUT2D eigenvalue weighted by molar-refractivity contribution is -0.127. The average Bonchev–Trinajstić information content (AvgIpc) is 3.10. The minimum absolute atomic E-state index is 0.0837. The van der Waals surface area contributed by atoms with E-state index in [9.17, 15) is 13.2 Å². The number of piperazine rings is 1. The number of carbonyl (C=O) groups is 1. The number of aromatic nitrogens is 1. The second kappa shape index (κ2) is 8.24. The van der Waals surface area contributed by atoms with Crippen LogP contribution in [0.2, 0.25) is 0 Å². The fourth-order valence-corrected chi connectivity index (χ4v) is 5.24. The van der Waals surface area contributed by atoms with Crippen molar-refractivity contribution in [1.82, 2.24) is 13.8 Å². The summed E-state index contributed by atoms with van der Waals surface area (Å²) in [7, 11) is -3.19. The van der Waals surface area contributed by atoms with E-state index < -0.39 is 10.0 Å². The van der Waals surface area contributed by atoms with Crippen LogP contribution in [0.15, 0.2) is 48.5 Å². The van der Waals surface area contributed by atoms with Gasteiger partial charge in [-0.25, -0.2) is 8.42 Å². The number of benzene rings is 2. The molecule has 1 aliphatic heterocycles. The highest BCUT2D eigenvalue weighted by molar-refractivity contribution is 7.89. The zero-order valence-corrected chi connectivity index (χ0v) is 18.2.